The van der Waals surface area contributed by atoms with E-state index in [4.69, 9.17) is 0 Å². The predicted molar refractivity (Wildman–Crippen MR) is 94.4 cm³/mol. The van der Waals surface area contributed by atoms with Crippen LogP contribution < -0.4 is 0 Å². The van der Waals surface area contributed by atoms with Gasteiger partial charge in [-0.2, -0.15) is 5.10 Å². The van der Waals surface area contributed by atoms with Crippen LogP contribution in [0, 0.1) is 12.7 Å². The standard InChI is InChI=1S/C15H13BrFN3O2S2/c1-8-15(9-3-4-13(11(17)5-9)24(2,21)22)23-14(19-8)6-12-10(16)7-18-20-12/h3-5,7H,6H2,1-2H3,(H,18,20). The van der Waals surface area contributed by atoms with Gasteiger partial charge in [0, 0.05) is 12.7 Å². The number of hydrogen-bond acceptors (Lipinski definition) is 5. The first-order valence-corrected chi connectivity index (χ1v) is 10.4. The second-order valence-electron chi connectivity index (χ2n) is 5.31. The normalized spacial score (nSPS) is 11.8. The number of aromatic amines is 1. The van der Waals surface area contributed by atoms with Gasteiger partial charge in [-0.15, -0.1) is 11.3 Å². The average Bonchev–Trinajstić information content (AvgIpc) is 3.04. The molecule has 0 unspecified atom stereocenters. The lowest BCUT2D eigenvalue weighted by Gasteiger charge is -2.03. The highest BCUT2D eigenvalue weighted by molar-refractivity contribution is 9.10. The lowest BCUT2D eigenvalue weighted by molar-refractivity contribution is 0.571. The Labute approximate surface area is 151 Å². The fourth-order valence-corrected chi connectivity index (χ4v) is 4.44. The number of sulfone groups is 1. The van der Waals surface area contributed by atoms with Crippen molar-refractivity contribution in [3.05, 3.63) is 51.1 Å². The van der Waals surface area contributed by atoms with Gasteiger partial charge in [0.05, 0.1) is 31.9 Å². The maximum absolute atomic E-state index is 14.1. The first-order valence-electron chi connectivity index (χ1n) is 6.89. The Bertz CT molecular complexity index is 1010. The number of benzene rings is 1. The molecule has 0 aliphatic carbocycles. The molecule has 0 saturated carbocycles. The molecule has 2 heterocycles. The van der Waals surface area contributed by atoms with Crippen molar-refractivity contribution in [2.24, 2.45) is 0 Å². The van der Waals surface area contributed by atoms with Crippen LogP contribution in [0.2, 0.25) is 0 Å². The van der Waals surface area contributed by atoms with Crippen molar-refractivity contribution >= 4 is 37.1 Å². The molecule has 0 bridgehead atoms. The van der Waals surface area contributed by atoms with Crippen molar-refractivity contribution in [3.63, 3.8) is 0 Å². The molecule has 1 aromatic carbocycles. The van der Waals surface area contributed by atoms with E-state index in [0.29, 0.717) is 12.0 Å². The Hall–Kier alpha value is -1.58. The minimum absolute atomic E-state index is 0.296. The maximum atomic E-state index is 14.1. The van der Waals surface area contributed by atoms with E-state index in [0.717, 1.165) is 32.0 Å². The SMILES string of the molecule is Cc1nc(Cc2[nH]ncc2Br)sc1-c1ccc(S(C)(=O)=O)c(F)c1. The number of nitrogens with zero attached hydrogens (tertiary/aromatic N) is 2. The summed E-state index contributed by atoms with van der Waals surface area (Å²) in [6.45, 7) is 1.85. The zero-order valence-electron chi connectivity index (χ0n) is 12.8. The van der Waals surface area contributed by atoms with Gasteiger partial charge >= 0.3 is 0 Å². The second-order valence-corrected chi connectivity index (χ2v) is 9.23. The Morgan fingerprint density at radius 1 is 1.38 bits per heavy atom. The third-order valence-corrected chi connectivity index (χ3v) is 6.45. The fraction of sp³-hybridized carbons (Fsp3) is 0.200. The number of nitrogens with one attached hydrogen (secondary N) is 1. The van der Waals surface area contributed by atoms with Gasteiger partial charge in [0.2, 0.25) is 0 Å². The highest BCUT2D eigenvalue weighted by Gasteiger charge is 2.17. The smallest absolute Gasteiger partial charge is 0.178 e. The summed E-state index contributed by atoms with van der Waals surface area (Å²) in [5.41, 5.74) is 2.30. The number of thiazole rings is 1. The van der Waals surface area contributed by atoms with Crippen LogP contribution in [0.1, 0.15) is 16.4 Å². The predicted octanol–water partition coefficient (Wildman–Crippen LogP) is 3.74. The molecule has 5 nitrogen and oxygen atoms in total. The maximum Gasteiger partial charge on any atom is 0.178 e. The van der Waals surface area contributed by atoms with Crippen molar-refractivity contribution in [2.45, 2.75) is 18.2 Å². The van der Waals surface area contributed by atoms with E-state index >= 15 is 0 Å². The Balaban J connectivity index is 1.96. The summed E-state index contributed by atoms with van der Waals surface area (Å²) in [5, 5.41) is 7.71. The van der Waals surface area contributed by atoms with E-state index in [1.807, 2.05) is 6.92 Å². The summed E-state index contributed by atoms with van der Waals surface area (Å²) in [5.74, 6) is -0.749. The van der Waals surface area contributed by atoms with Crippen LogP contribution in [0.25, 0.3) is 10.4 Å². The summed E-state index contributed by atoms with van der Waals surface area (Å²) >= 11 is 4.85. The first kappa shape index (κ1) is 17.2. The molecule has 1 N–H and O–H groups in total. The van der Waals surface area contributed by atoms with Crippen LogP contribution in [0.5, 0.6) is 0 Å². The van der Waals surface area contributed by atoms with Crippen molar-refractivity contribution < 1.29 is 12.8 Å². The molecule has 24 heavy (non-hydrogen) atoms. The van der Waals surface area contributed by atoms with Gasteiger partial charge in [0.25, 0.3) is 0 Å². The minimum Gasteiger partial charge on any atom is -0.281 e. The quantitative estimate of drug-likeness (QED) is 0.685. The van der Waals surface area contributed by atoms with E-state index in [2.05, 4.69) is 31.1 Å². The van der Waals surface area contributed by atoms with Gasteiger partial charge in [-0.05, 0) is 40.5 Å². The molecule has 0 radical (unpaired) electrons. The number of hydrogen-bond donors (Lipinski definition) is 1. The Morgan fingerprint density at radius 3 is 2.71 bits per heavy atom. The van der Waals surface area contributed by atoms with Gasteiger partial charge in [0.15, 0.2) is 9.84 Å². The molecule has 0 aliphatic heterocycles. The lowest BCUT2D eigenvalue weighted by Crippen LogP contribution is -2.00. The second kappa shape index (κ2) is 6.38. The van der Waals surface area contributed by atoms with E-state index in [-0.39, 0.29) is 4.90 Å². The lowest BCUT2D eigenvalue weighted by atomic mass is 10.1. The van der Waals surface area contributed by atoms with Crippen LogP contribution in [0.4, 0.5) is 4.39 Å². The molecule has 0 fully saturated rings. The molecule has 0 saturated heterocycles. The highest BCUT2D eigenvalue weighted by Crippen LogP contribution is 2.33. The fourth-order valence-electron chi connectivity index (χ4n) is 2.31. The summed E-state index contributed by atoms with van der Waals surface area (Å²) < 4.78 is 38.0. The van der Waals surface area contributed by atoms with Crippen molar-refractivity contribution in [3.8, 4) is 10.4 Å². The van der Waals surface area contributed by atoms with Gasteiger partial charge < -0.3 is 0 Å². The average molecular weight is 430 g/mol. The van der Waals surface area contributed by atoms with Crippen LogP contribution >= 0.6 is 27.3 Å². The summed E-state index contributed by atoms with van der Waals surface area (Å²) in [6, 6.07) is 4.15. The number of halogens is 2. The summed E-state index contributed by atoms with van der Waals surface area (Å²) in [6.07, 6.45) is 3.25. The zero-order chi connectivity index (χ0) is 17.5. The molecule has 2 aromatic heterocycles. The number of aryl methyl sites for hydroxylation is 1. The van der Waals surface area contributed by atoms with Crippen LogP contribution in [0.3, 0.4) is 0 Å². The first-order chi connectivity index (χ1) is 11.3. The molecule has 126 valence electrons. The molecule has 0 amide bonds. The third kappa shape index (κ3) is 3.42. The van der Waals surface area contributed by atoms with Gasteiger partial charge in [-0.25, -0.2) is 17.8 Å². The van der Waals surface area contributed by atoms with E-state index in [9.17, 15) is 12.8 Å². The van der Waals surface area contributed by atoms with Gasteiger partial charge in [-0.1, -0.05) is 6.07 Å². The van der Waals surface area contributed by atoms with Gasteiger partial charge in [0.1, 0.15) is 10.7 Å². The number of aromatic nitrogens is 3. The van der Waals surface area contributed by atoms with Crippen molar-refractivity contribution in [1.29, 1.82) is 0 Å². The van der Waals surface area contributed by atoms with E-state index < -0.39 is 15.7 Å². The van der Waals surface area contributed by atoms with Crippen LogP contribution in [-0.2, 0) is 16.3 Å². The highest BCUT2D eigenvalue weighted by atomic mass is 79.9. The molecular weight excluding hydrogens is 417 g/mol. The molecule has 9 heteroatoms. The minimum atomic E-state index is -3.58. The summed E-state index contributed by atoms with van der Waals surface area (Å²) in [4.78, 5) is 5.04. The third-order valence-electron chi connectivity index (χ3n) is 3.43. The van der Waals surface area contributed by atoms with Crippen molar-refractivity contribution in [2.75, 3.05) is 6.26 Å². The van der Waals surface area contributed by atoms with Crippen molar-refractivity contribution in [1.82, 2.24) is 15.2 Å². The zero-order valence-corrected chi connectivity index (χ0v) is 16.0. The molecular formula is C15H13BrFN3O2S2. The number of rotatable bonds is 4. The topological polar surface area (TPSA) is 75.7 Å². The summed E-state index contributed by atoms with van der Waals surface area (Å²) in [7, 11) is -3.58. The molecule has 0 atom stereocenters. The van der Waals surface area contributed by atoms with Crippen LogP contribution in [0.15, 0.2) is 33.8 Å². The van der Waals surface area contributed by atoms with Crippen LogP contribution in [-0.4, -0.2) is 29.9 Å². The number of H-pyrrole nitrogens is 1. The van der Waals surface area contributed by atoms with E-state index in [1.54, 1.807) is 12.3 Å². The molecule has 0 aliphatic rings. The molecule has 3 rings (SSSR count). The van der Waals surface area contributed by atoms with Gasteiger partial charge in [-0.3, -0.25) is 5.10 Å². The largest absolute Gasteiger partial charge is 0.281 e. The van der Waals surface area contributed by atoms with E-state index in [1.165, 1.54) is 23.5 Å². The Morgan fingerprint density at radius 2 is 2.12 bits per heavy atom. The Kier molecular flexibility index (Phi) is 4.58. The molecule has 3 aromatic rings. The monoisotopic (exact) mass is 429 g/mol. The molecule has 0 spiro atoms.